The third kappa shape index (κ3) is 2.15. The summed E-state index contributed by atoms with van der Waals surface area (Å²) in [5, 5.41) is 14.4. The van der Waals surface area contributed by atoms with Gasteiger partial charge in [-0.2, -0.15) is 4.68 Å². The molecule has 2 N–H and O–H groups in total. The molecule has 1 aromatic heterocycles. The van der Waals surface area contributed by atoms with Gasteiger partial charge in [-0.05, 0) is 30.6 Å². The van der Waals surface area contributed by atoms with Crippen molar-refractivity contribution in [3.05, 3.63) is 22.4 Å². The summed E-state index contributed by atoms with van der Waals surface area (Å²) >= 11 is 0. The number of aromatic nitrogens is 2. The van der Waals surface area contributed by atoms with Crippen LogP contribution in [-0.2, 0) is 0 Å². The Balaban J connectivity index is 2.06. The van der Waals surface area contributed by atoms with Crippen molar-refractivity contribution in [3.63, 3.8) is 0 Å². The first-order valence-corrected chi connectivity index (χ1v) is 5.12. The van der Waals surface area contributed by atoms with Gasteiger partial charge in [-0.3, -0.25) is 0 Å². The molecule has 0 aromatic carbocycles. The van der Waals surface area contributed by atoms with Crippen LogP contribution in [0.5, 0.6) is 0 Å². The number of rotatable bonds is 2. The molecule has 6 heteroatoms. The average molecular weight is 210 g/mol. The normalized spacial score (nSPS) is 26.5. The third-order valence-corrected chi connectivity index (χ3v) is 2.90. The summed E-state index contributed by atoms with van der Waals surface area (Å²) in [5.74, 6) is -0.0788. The fourth-order valence-electron chi connectivity index (χ4n) is 1.99. The molecule has 82 valence electrons. The minimum absolute atomic E-state index is 0.0788. The lowest BCUT2D eigenvalue weighted by molar-refractivity contribution is -0.389. The largest absolute Gasteiger partial charge is 0.389 e. The van der Waals surface area contributed by atoms with Gasteiger partial charge in [0.2, 0.25) is 0 Å². The summed E-state index contributed by atoms with van der Waals surface area (Å²) < 4.78 is 1.70. The quantitative estimate of drug-likeness (QED) is 0.587. The Morgan fingerprint density at radius 1 is 1.47 bits per heavy atom. The van der Waals surface area contributed by atoms with Gasteiger partial charge in [0.15, 0.2) is 0 Å². The minimum atomic E-state index is -0.467. The highest BCUT2D eigenvalue weighted by atomic mass is 16.6. The van der Waals surface area contributed by atoms with E-state index in [2.05, 4.69) is 5.10 Å². The average Bonchev–Trinajstić information content (AvgIpc) is 2.68. The van der Waals surface area contributed by atoms with Crippen LogP contribution in [0.1, 0.15) is 31.7 Å². The van der Waals surface area contributed by atoms with E-state index in [1.807, 2.05) is 0 Å². The zero-order chi connectivity index (χ0) is 10.8. The molecule has 1 saturated carbocycles. The van der Waals surface area contributed by atoms with Crippen LogP contribution in [-0.4, -0.2) is 20.7 Å². The maximum Gasteiger partial charge on any atom is 0.389 e. The lowest BCUT2D eigenvalue weighted by Gasteiger charge is -2.24. The van der Waals surface area contributed by atoms with Crippen LogP contribution in [0.25, 0.3) is 0 Å². The van der Waals surface area contributed by atoms with Crippen LogP contribution in [0, 0.1) is 10.1 Å². The first-order valence-electron chi connectivity index (χ1n) is 5.12. The second-order valence-electron chi connectivity index (χ2n) is 3.98. The molecule has 0 radical (unpaired) electrons. The molecular formula is C9H14N4O2. The fraction of sp³-hybridized carbons (Fsp3) is 0.667. The molecule has 15 heavy (non-hydrogen) atoms. The smallest absolute Gasteiger partial charge is 0.358 e. The van der Waals surface area contributed by atoms with Gasteiger partial charge < -0.3 is 15.8 Å². The summed E-state index contributed by atoms with van der Waals surface area (Å²) in [7, 11) is 0. The molecule has 0 amide bonds. The first kappa shape index (κ1) is 10.1. The summed E-state index contributed by atoms with van der Waals surface area (Å²) in [4.78, 5) is 9.99. The predicted molar refractivity (Wildman–Crippen MR) is 54.4 cm³/mol. The Morgan fingerprint density at radius 2 is 2.13 bits per heavy atom. The van der Waals surface area contributed by atoms with Gasteiger partial charge in [0.1, 0.15) is 0 Å². The van der Waals surface area contributed by atoms with Crippen molar-refractivity contribution in [3.8, 4) is 0 Å². The van der Waals surface area contributed by atoms with Gasteiger partial charge in [-0.15, -0.1) is 0 Å². The van der Waals surface area contributed by atoms with Crippen LogP contribution in [0.3, 0.4) is 0 Å². The third-order valence-electron chi connectivity index (χ3n) is 2.90. The van der Waals surface area contributed by atoms with Crippen LogP contribution >= 0.6 is 0 Å². The molecule has 1 aliphatic rings. The lowest BCUT2D eigenvalue weighted by atomic mass is 9.92. The molecule has 6 nitrogen and oxygen atoms in total. The van der Waals surface area contributed by atoms with Gasteiger partial charge in [0.25, 0.3) is 0 Å². The first-order chi connectivity index (χ1) is 7.16. The summed E-state index contributed by atoms with van der Waals surface area (Å²) in [6.45, 7) is 0. The molecule has 0 bridgehead atoms. The Morgan fingerprint density at radius 3 is 2.67 bits per heavy atom. The van der Waals surface area contributed by atoms with Crippen LogP contribution in [0.15, 0.2) is 12.3 Å². The van der Waals surface area contributed by atoms with Gasteiger partial charge in [-0.1, -0.05) is 0 Å². The Kier molecular flexibility index (Phi) is 2.68. The highest BCUT2D eigenvalue weighted by Gasteiger charge is 2.23. The maximum absolute atomic E-state index is 10.5. The van der Waals surface area contributed by atoms with Gasteiger partial charge in [0.05, 0.1) is 23.4 Å². The number of hydrogen-bond acceptors (Lipinski definition) is 4. The summed E-state index contributed by atoms with van der Waals surface area (Å²) in [5.41, 5.74) is 5.79. The van der Waals surface area contributed by atoms with Crippen LogP contribution in [0.4, 0.5) is 5.82 Å². The van der Waals surface area contributed by atoms with Crippen molar-refractivity contribution in [1.82, 2.24) is 9.78 Å². The SMILES string of the molecule is NC1CCC(n2ccc([N+](=O)[O-])n2)CC1. The van der Waals surface area contributed by atoms with E-state index in [-0.39, 0.29) is 17.9 Å². The van der Waals surface area contributed by atoms with Crippen molar-refractivity contribution >= 4 is 5.82 Å². The molecule has 0 atom stereocenters. The zero-order valence-corrected chi connectivity index (χ0v) is 8.37. The van der Waals surface area contributed by atoms with E-state index in [0.29, 0.717) is 0 Å². The molecule has 0 saturated heterocycles. The Hall–Kier alpha value is -1.43. The van der Waals surface area contributed by atoms with Crippen LogP contribution < -0.4 is 5.73 Å². The fourth-order valence-corrected chi connectivity index (χ4v) is 1.99. The molecule has 0 aliphatic heterocycles. The van der Waals surface area contributed by atoms with E-state index >= 15 is 0 Å². The highest BCUT2D eigenvalue weighted by Crippen LogP contribution is 2.27. The van der Waals surface area contributed by atoms with E-state index in [9.17, 15) is 10.1 Å². The Bertz CT molecular complexity index is 355. The van der Waals surface area contributed by atoms with Crippen molar-refractivity contribution < 1.29 is 4.92 Å². The topological polar surface area (TPSA) is 87.0 Å². The van der Waals surface area contributed by atoms with E-state index in [0.717, 1.165) is 25.7 Å². The monoisotopic (exact) mass is 210 g/mol. The van der Waals surface area contributed by atoms with Gasteiger partial charge in [0, 0.05) is 6.04 Å². The summed E-state index contributed by atoms with van der Waals surface area (Å²) in [6.07, 6.45) is 5.54. The Labute approximate surface area is 87.2 Å². The molecule has 1 aliphatic carbocycles. The van der Waals surface area contributed by atoms with Crippen molar-refractivity contribution in [2.75, 3.05) is 0 Å². The van der Waals surface area contributed by atoms with E-state index in [1.165, 1.54) is 6.07 Å². The van der Waals surface area contributed by atoms with E-state index < -0.39 is 4.92 Å². The molecule has 2 rings (SSSR count). The number of nitrogens with zero attached hydrogens (tertiary/aromatic N) is 3. The molecule has 1 heterocycles. The highest BCUT2D eigenvalue weighted by molar-refractivity contribution is 5.14. The molecular weight excluding hydrogens is 196 g/mol. The molecule has 1 fully saturated rings. The number of hydrogen-bond donors (Lipinski definition) is 1. The number of nitro groups is 1. The minimum Gasteiger partial charge on any atom is -0.358 e. The van der Waals surface area contributed by atoms with Crippen molar-refractivity contribution in [1.29, 1.82) is 0 Å². The summed E-state index contributed by atoms with van der Waals surface area (Å²) in [6, 6.07) is 2.00. The van der Waals surface area contributed by atoms with Crippen molar-refractivity contribution in [2.45, 2.75) is 37.8 Å². The van der Waals surface area contributed by atoms with E-state index in [1.54, 1.807) is 10.9 Å². The number of nitrogens with two attached hydrogens (primary N) is 1. The molecule has 0 spiro atoms. The van der Waals surface area contributed by atoms with Gasteiger partial charge >= 0.3 is 5.82 Å². The molecule has 1 aromatic rings. The standard InChI is InChI=1S/C9H14N4O2/c10-7-1-3-8(4-2-7)12-6-5-9(11-12)13(14)15/h5-8H,1-4,10H2. The van der Waals surface area contributed by atoms with Crippen LogP contribution in [0.2, 0.25) is 0 Å². The molecule has 0 unspecified atom stereocenters. The van der Waals surface area contributed by atoms with E-state index in [4.69, 9.17) is 5.73 Å². The van der Waals surface area contributed by atoms with Crippen molar-refractivity contribution in [2.24, 2.45) is 5.73 Å². The predicted octanol–water partition coefficient (Wildman–Crippen LogP) is 1.23. The zero-order valence-electron chi connectivity index (χ0n) is 8.37. The van der Waals surface area contributed by atoms with Gasteiger partial charge in [-0.25, -0.2) is 0 Å². The lowest BCUT2D eigenvalue weighted by Crippen LogP contribution is -2.28. The second-order valence-corrected chi connectivity index (χ2v) is 3.98. The maximum atomic E-state index is 10.5. The second kappa shape index (κ2) is 3.98.